The summed E-state index contributed by atoms with van der Waals surface area (Å²) in [6.07, 6.45) is 0.177. The summed E-state index contributed by atoms with van der Waals surface area (Å²) in [5, 5.41) is 10.4. The fraction of sp³-hybridized carbons (Fsp3) is 0.708. The predicted octanol–water partition coefficient (Wildman–Crippen LogP) is 2.81. The van der Waals surface area contributed by atoms with Crippen LogP contribution in [0.15, 0.2) is 24.3 Å². The molecule has 0 saturated carbocycles. The molecule has 176 valence electrons. The van der Waals surface area contributed by atoms with Crippen molar-refractivity contribution in [3.8, 4) is 5.75 Å². The van der Waals surface area contributed by atoms with E-state index in [2.05, 4.69) is 18.7 Å². The van der Waals surface area contributed by atoms with Crippen LogP contribution >= 0.6 is 0 Å². The fourth-order valence-corrected chi connectivity index (χ4v) is 3.63. The van der Waals surface area contributed by atoms with E-state index in [1.54, 1.807) is 13.2 Å². The van der Waals surface area contributed by atoms with E-state index in [1.807, 2.05) is 43.9 Å². The summed E-state index contributed by atoms with van der Waals surface area (Å²) in [4.78, 5) is 17.4. The lowest BCUT2D eigenvalue weighted by Crippen LogP contribution is -2.52. The van der Waals surface area contributed by atoms with Crippen LogP contribution in [-0.2, 0) is 9.47 Å². The van der Waals surface area contributed by atoms with Gasteiger partial charge in [-0.15, -0.1) is 0 Å². The molecule has 1 aromatic rings. The molecule has 1 heterocycles. The number of β-amino-alcohol motifs (C(OH)–C–C–N with tert-alkyl or cyclic N) is 1. The number of hydrogen-bond acceptors (Lipinski definition) is 6. The van der Waals surface area contributed by atoms with Gasteiger partial charge in [0, 0.05) is 32.2 Å². The number of para-hydroxylation sites is 1. The summed E-state index contributed by atoms with van der Waals surface area (Å²) in [6.45, 7) is 13.4. The van der Waals surface area contributed by atoms with Crippen molar-refractivity contribution >= 4 is 5.91 Å². The number of benzene rings is 1. The van der Waals surface area contributed by atoms with Gasteiger partial charge in [0.2, 0.25) is 0 Å². The molecule has 0 bridgehead atoms. The number of aliphatic hydroxyl groups is 1. The van der Waals surface area contributed by atoms with Crippen LogP contribution in [0.5, 0.6) is 5.75 Å². The number of amides is 1. The lowest BCUT2D eigenvalue weighted by Gasteiger charge is -2.38. The summed E-state index contributed by atoms with van der Waals surface area (Å²) < 4.78 is 17.1. The Labute approximate surface area is 187 Å². The standard InChI is InChI=1S/C24H40N2O5/c1-7-18(2)26(23(28)21-10-8-9-11-22(21)29-6)16-20-15-25(12-13-30-20)14-19(27)17-31-24(3,4)5/h8-11,18-20,27H,7,12-17H2,1-6H3. The highest BCUT2D eigenvalue weighted by atomic mass is 16.5. The topological polar surface area (TPSA) is 71.5 Å². The Kier molecular flexibility index (Phi) is 9.75. The molecule has 1 aliphatic rings. The first-order valence-electron chi connectivity index (χ1n) is 11.2. The first-order valence-corrected chi connectivity index (χ1v) is 11.2. The number of nitrogens with zero attached hydrogens (tertiary/aromatic N) is 2. The fourth-order valence-electron chi connectivity index (χ4n) is 3.63. The second kappa shape index (κ2) is 11.8. The van der Waals surface area contributed by atoms with Crippen molar-refractivity contribution in [1.29, 1.82) is 0 Å². The first kappa shape index (κ1) is 25.6. The van der Waals surface area contributed by atoms with Crippen molar-refractivity contribution in [3.63, 3.8) is 0 Å². The number of carbonyl (C=O) groups excluding carboxylic acids is 1. The van der Waals surface area contributed by atoms with Crippen LogP contribution < -0.4 is 4.74 Å². The van der Waals surface area contributed by atoms with Crippen LogP contribution in [0.4, 0.5) is 0 Å². The SMILES string of the molecule is CCC(C)N(CC1CN(CC(O)COC(C)(C)C)CCO1)C(=O)c1ccccc1OC. The van der Waals surface area contributed by atoms with E-state index in [0.717, 1.165) is 13.0 Å². The van der Waals surface area contributed by atoms with Gasteiger partial charge in [-0.2, -0.15) is 0 Å². The van der Waals surface area contributed by atoms with Crippen molar-refractivity contribution in [1.82, 2.24) is 9.80 Å². The Morgan fingerprint density at radius 1 is 1.35 bits per heavy atom. The molecule has 31 heavy (non-hydrogen) atoms. The molecule has 7 heteroatoms. The first-order chi connectivity index (χ1) is 14.6. The smallest absolute Gasteiger partial charge is 0.257 e. The van der Waals surface area contributed by atoms with E-state index >= 15 is 0 Å². The summed E-state index contributed by atoms with van der Waals surface area (Å²) in [7, 11) is 1.58. The Hall–Kier alpha value is -1.67. The molecule has 2 rings (SSSR count). The van der Waals surface area contributed by atoms with Crippen molar-refractivity contribution in [2.24, 2.45) is 0 Å². The van der Waals surface area contributed by atoms with Crippen LogP contribution in [0, 0.1) is 0 Å². The number of aliphatic hydroxyl groups excluding tert-OH is 1. The highest BCUT2D eigenvalue weighted by Crippen LogP contribution is 2.22. The number of methoxy groups -OCH3 is 1. The van der Waals surface area contributed by atoms with Crippen LogP contribution in [0.1, 0.15) is 51.4 Å². The molecule has 3 atom stereocenters. The third-order valence-corrected chi connectivity index (χ3v) is 5.52. The average molecular weight is 437 g/mol. The van der Waals surface area contributed by atoms with Gasteiger partial charge in [-0.3, -0.25) is 9.69 Å². The van der Waals surface area contributed by atoms with Crippen molar-refractivity contribution in [2.45, 2.75) is 64.9 Å². The second-order valence-electron chi connectivity index (χ2n) is 9.24. The quantitative estimate of drug-likeness (QED) is 0.608. The summed E-state index contributed by atoms with van der Waals surface area (Å²) in [6, 6.07) is 7.39. The van der Waals surface area contributed by atoms with Crippen molar-refractivity contribution in [2.75, 3.05) is 46.5 Å². The Morgan fingerprint density at radius 3 is 2.71 bits per heavy atom. The number of morpholine rings is 1. The highest BCUT2D eigenvalue weighted by molar-refractivity contribution is 5.97. The molecular weight excluding hydrogens is 396 g/mol. The average Bonchev–Trinajstić information content (AvgIpc) is 2.75. The minimum absolute atomic E-state index is 0.0499. The Morgan fingerprint density at radius 2 is 2.06 bits per heavy atom. The van der Waals surface area contributed by atoms with E-state index in [9.17, 15) is 9.90 Å². The van der Waals surface area contributed by atoms with Gasteiger partial charge in [-0.1, -0.05) is 19.1 Å². The maximum Gasteiger partial charge on any atom is 0.257 e. The molecule has 0 aromatic heterocycles. The summed E-state index contributed by atoms with van der Waals surface area (Å²) in [5.41, 5.74) is 0.289. The monoisotopic (exact) mass is 436 g/mol. The van der Waals surface area contributed by atoms with Crippen molar-refractivity contribution < 1.29 is 24.1 Å². The molecule has 1 amide bonds. The highest BCUT2D eigenvalue weighted by Gasteiger charge is 2.30. The largest absolute Gasteiger partial charge is 0.496 e. The number of rotatable bonds is 10. The van der Waals surface area contributed by atoms with E-state index < -0.39 is 6.10 Å². The van der Waals surface area contributed by atoms with Crippen LogP contribution in [-0.4, -0.2) is 91.2 Å². The summed E-state index contributed by atoms with van der Waals surface area (Å²) >= 11 is 0. The third kappa shape index (κ3) is 8.07. The molecule has 0 radical (unpaired) electrons. The third-order valence-electron chi connectivity index (χ3n) is 5.52. The van der Waals surface area contributed by atoms with Crippen molar-refractivity contribution in [3.05, 3.63) is 29.8 Å². The van der Waals surface area contributed by atoms with Crippen LogP contribution in [0.3, 0.4) is 0 Å². The maximum absolute atomic E-state index is 13.4. The zero-order valence-electron chi connectivity index (χ0n) is 20.0. The molecule has 3 unspecified atom stereocenters. The number of ether oxygens (including phenoxy) is 3. The van der Waals surface area contributed by atoms with Gasteiger partial charge in [0.15, 0.2) is 0 Å². The normalized spacial score (nSPS) is 19.6. The van der Waals surface area contributed by atoms with Gasteiger partial charge in [0.25, 0.3) is 5.91 Å². The van der Waals surface area contributed by atoms with Crippen LogP contribution in [0.25, 0.3) is 0 Å². The zero-order chi connectivity index (χ0) is 23.0. The molecular formula is C24H40N2O5. The minimum Gasteiger partial charge on any atom is -0.496 e. The predicted molar refractivity (Wildman–Crippen MR) is 122 cm³/mol. The molecule has 0 spiro atoms. The van der Waals surface area contributed by atoms with E-state index in [1.165, 1.54) is 0 Å². The Bertz CT molecular complexity index is 691. The van der Waals surface area contributed by atoms with E-state index in [-0.39, 0.29) is 23.7 Å². The van der Waals surface area contributed by atoms with Gasteiger partial charge >= 0.3 is 0 Å². The number of carbonyl (C=O) groups is 1. The lowest BCUT2D eigenvalue weighted by atomic mass is 10.1. The van der Waals surface area contributed by atoms with E-state index in [0.29, 0.717) is 44.2 Å². The van der Waals surface area contributed by atoms with E-state index in [4.69, 9.17) is 14.2 Å². The van der Waals surface area contributed by atoms with Gasteiger partial charge < -0.3 is 24.2 Å². The maximum atomic E-state index is 13.4. The van der Waals surface area contributed by atoms with Crippen LogP contribution in [0.2, 0.25) is 0 Å². The molecule has 1 fully saturated rings. The molecule has 0 aliphatic carbocycles. The molecule has 1 aliphatic heterocycles. The Balaban J connectivity index is 2.02. The molecule has 1 saturated heterocycles. The molecule has 1 N–H and O–H groups in total. The van der Waals surface area contributed by atoms with Gasteiger partial charge in [-0.05, 0) is 46.2 Å². The minimum atomic E-state index is -0.557. The second-order valence-corrected chi connectivity index (χ2v) is 9.24. The van der Waals surface area contributed by atoms with Gasteiger partial charge in [-0.25, -0.2) is 0 Å². The molecule has 7 nitrogen and oxygen atoms in total. The number of hydrogen-bond donors (Lipinski definition) is 1. The molecule has 1 aromatic carbocycles. The summed E-state index contributed by atoms with van der Waals surface area (Å²) in [5.74, 6) is 0.528. The van der Waals surface area contributed by atoms with Gasteiger partial charge in [0.1, 0.15) is 5.75 Å². The lowest BCUT2D eigenvalue weighted by molar-refractivity contribution is -0.0791. The zero-order valence-corrected chi connectivity index (χ0v) is 20.0. The van der Waals surface area contributed by atoms with Gasteiger partial charge in [0.05, 0.1) is 43.7 Å².